The van der Waals surface area contributed by atoms with E-state index >= 15 is 0 Å². The SMILES string of the molecule is CN=Cc1c([N+](=O)[O-])cncc1[N+](=O)[O-]. The van der Waals surface area contributed by atoms with Crippen LogP contribution in [0.15, 0.2) is 17.4 Å². The smallest absolute Gasteiger partial charge is 0.295 e. The maximum atomic E-state index is 10.6. The van der Waals surface area contributed by atoms with E-state index in [1.54, 1.807) is 0 Å². The summed E-state index contributed by atoms with van der Waals surface area (Å²) in [6, 6.07) is 0. The summed E-state index contributed by atoms with van der Waals surface area (Å²) in [6.45, 7) is 0. The first-order valence-corrected chi connectivity index (χ1v) is 3.77. The summed E-state index contributed by atoms with van der Waals surface area (Å²) in [7, 11) is 1.37. The van der Waals surface area contributed by atoms with Crippen molar-refractivity contribution in [3.05, 3.63) is 38.2 Å². The van der Waals surface area contributed by atoms with Gasteiger partial charge in [-0.2, -0.15) is 0 Å². The monoisotopic (exact) mass is 210 g/mol. The Hall–Kier alpha value is -2.38. The second-order valence-electron chi connectivity index (χ2n) is 2.49. The van der Waals surface area contributed by atoms with Gasteiger partial charge < -0.3 is 0 Å². The molecule has 0 spiro atoms. The van der Waals surface area contributed by atoms with E-state index in [9.17, 15) is 20.2 Å². The first kappa shape index (κ1) is 10.7. The Bertz CT molecular complexity index is 410. The second kappa shape index (κ2) is 4.22. The van der Waals surface area contributed by atoms with Gasteiger partial charge in [0.1, 0.15) is 12.4 Å². The minimum Gasteiger partial charge on any atom is -0.295 e. The predicted octanol–water partition coefficient (Wildman–Crippen LogP) is 0.947. The van der Waals surface area contributed by atoms with Crippen molar-refractivity contribution in [1.29, 1.82) is 0 Å². The zero-order valence-corrected chi connectivity index (χ0v) is 7.65. The summed E-state index contributed by atoms with van der Waals surface area (Å²) in [5.74, 6) is 0. The number of nitrogens with zero attached hydrogens (tertiary/aromatic N) is 4. The van der Waals surface area contributed by atoms with Crippen LogP contribution in [0.2, 0.25) is 0 Å². The van der Waals surface area contributed by atoms with Crippen LogP contribution >= 0.6 is 0 Å². The minimum atomic E-state index is -0.739. The summed E-state index contributed by atoms with van der Waals surface area (Å²) >= 11 is 0. The molecule has 0 amide bonds. The van der Waals surface area contributed by atoms with Gasteiger partial charge in [-0.3, -0.25) is 30.2 Å². The highest BCUT2D eigenvalue weighted by molar-refractivity contribution is 5.90. The normalized spacial score (nSPS) is 10.5. The summed E-state index contributed by atoms with van der Waals surface area (Å²) in [5.41, 5.74) is -1.02. The molecule has 0 fully saturated rings. The van der Waals surface area contributed by atoms with Crippen molar-refractivity contribution in [1.82, 2.24) is 4.98 Å². The molecular weight excluding hydrogens is 204 g/mol. The second-order valence-corrected chi connectivity index (χ2v) is 2.49. The minimum absolute atomic E-state index is 0.150. The predicted molar refractivity (Wildman–Crippen MR) is 51.1 cm³/mol. The fourth-order valence-corrected chi connectivity index (χ4v) is 1.00. The maximum absolute atomic E-state index is 10.6. The Balaban J connectivity index is 3.48. The molecule has 0 aliphatic rings. The number of hydrogen-bond acceptors (Lipinski definition) is 6. The molecule has 8 heteroatoms. The van der Waals surface area contributed by atoms with E-state index in [1.807, 2.05) is 0 Å². The molecule has 0 aliphatic carbocycles. The van der Waals surface area contributed by atoms with Gasteiger partial charge in [-0.05, 0) is 0 Å². The van der Waals surface area contributed by atoms with Gasteiger partial charge >= 0.3 is 11.4 Å². The van der Waals surface area contributed by atoms with Gasteiger partial charge in [0.05, 0.1) is 9.85 Å². The van der Waals surface area contributed by atoms with Gasteiger partial charge in [0.25, 0.3) is 0 Å². The van der Waals surface area contributed by atoms with E-state index < -0.39 is 21.2 Å². The lowest BCUT2D eigenvalue weighted by atomic mass is 10.2. The van der Waals surface area contributed by atoms with Gasteiger partial charge in [0, 0.05) is 13.3 Å². The molecule has 78 valence electrons. The summed E-state index contributed by atoms with van der Waals surface area (Å²) in [5, 5.41) is 21.1. The van der Waals surface area contributed by atoms with Gasteiger partial charge in [0.2, 0.25) is 0 Å². The fraction of sp³-hybridized carbons (Fsp3) is 0.143. The zero-order chi connectivity index (χ0) is 11.4. The fourth-order valence-electron chi connectivity index (χ4n) is 1.00. The van der Waals surface area contributed by atoms with E-state index in [2.05, 4.69) is 9.98 Å². The summed E-state index contributed by atoms with van der Waals surface area (Å²) in [4.78, 5) is 26.6. The van der Waals surface area contributed by atoms with Crippen molar-refractivity contribution < 1.29 is 9.85 Å². The first-order chi connectivity index (χ1) is 7.07. The van der Waals surface area contributed by atoms with E-state index in [-0.39, 0.29) is 5.56 Å². The van der Waals surface area contributed by atoms with E-state index in [4.69, 9.17) is 0 Å². The largest absolute Gasteiger partial charge is 0.303 e. The molecule has 1 rings (SSSR count). The number of rotatable bonds is 3. The molecular formula is C7H6N4O4. The van der Waals surface area contributed by atoms with Gasteiger partial charge in [0.15, 0.2) is 5.56 Å². The van der Waals surface area contributed by atoms with Crippen LogP contribution in [0.25, 0.3) is 0 Å². The Labute approximate surface area is 83.6 Å². The van der Waals surface area contributed by atoms with Crippen LogP contribution in [0, 0.1) is 20.2 Å². The molecule has 1 heterocycles. The maximum Gasteiger partial charge on any atom is 0.303 e. The van der Waals surface area contributed by atoms with E-state index in [1.165, 1.54) is 7.05 Å². The Kier molecular flexibility index (Phi) is 3.01. The quantitative estimate of drug-likeness (QED) is 0.418. The molecule has 0 saturated heterocycles. The van der Waals surface area contributed by atoms with Crippen molar-refractivity contribution in [3.63, 3.8) is 0 Å². The molecule has 1 aromatic heterocycles. The van der Waals surface area contributed by atoms with Crippen LogP contribution in [0.5, 0.6) is 0 Å². The average molecular weight is 210 g/mol. The van der Waals surface area contributed by atoms with Crippen LogP contribution in [-0.2, 0) is 0 Å². The number of nitro groups is 2. The van der Waals surface area contributed by atoms with E-state index in [0.29, 0.717) is 0 Å². The zero-order valence-electron chi connectivity index (χ0n) is 7.65. The molecule has 0 radical (unpaired) electrons. The summed E-state index contributed by atoms with van der Waals surface area (Å²) in [6.07, 6.45) is 2.96. The Morgan fingerprint density at radius 2 is 1.73 bits per heavy atom. The third-order valence-corrected chi connectivity index (χ3v) is 1.60. The first-order valence-electron chi connectivity index (χ1n) is 3.77. The molecule has 0 saturated carbocycles. The highest BCUT2D eigenvalue weighted by atomic mass is 16.6. The Morgan fingerprint density at radius 3 is 2.07 bits per heavy atom. The molecule has 0 aromatic carbocycles. The molecule has 8 nitrogen and oxygen atoms in total. The number of hydrogen-bond donors (Lipinski definition) is 0. The van der Waals surface area contributed by atoms with Gasteiger partial charge in [-0.1, -0.05) is 0 Å². The van der Waals surface area contributed by atoms with Crippen molar-refractivity contribution in [3.8, 4) is 0 Å². The van der Waals surface area contributed by atoms with Crippen molar-refractivity contribution in [2.75, 3.05) is 7.05 Å². The van der Waals surface area contributed by atoms with Crippen molar-refractivity contribution in [2.45, 2.75) is 0 Å². The number of pyridine rings is 1. The lowest BCUT2D eigenvalue weighted by Crippen LogP contribution is -2.01. The molecule has 0 unspecified atom stereocenters. The standard InChI is InChI=1S/C7H6N4O4/c1-8-2-5-6(10(12)13)3-9-4-7(5)11(14)15/h2-4H,1H3. The molecule has 0 aliphatic heterocycles. The van der Waals surface area contributed by atoms with Crippen LogP contribution in [0.3, 0.4) is 0 Å². The van der Waals surface area contributed by atoms with Crippen LogP contribution in [0.1, 0.15) is 5.56 Å². The third kappa shape index (κ3) is 2.10. The average Bonchev–Trinajstić information content (AvgIpc) is 2.17. The van der Waals surface area contributed by atoms with Gasteiger partial charge in [-0.25, -0.2) is 0 Å². The summed E-state index contributed by atoms with van der Waals surface area (Å²) < 4.78 is 0. The molecule has 0 atom stereocenters. The molecule has 1 aromatic rings. The van der Waals surface area contributed by atoms with Crippen LogP contribution < -0.4 is 0 Å². The molecule has 0 N–H and O–H groups in total. The van der Waals surface area contributed by atoms with Crippen LogP contribution in [-0.4, -0.2) is 28.1 Å². The Morgan fingerprint density at radius 1 is 1.27 bits per heavy atom. The lowest BCUT2D eigenvalue weighted by molar-refractivity contribution is -0.394. The highest BCUT2D eigenvalue weighted by Gasteiger charge is 2.23. The molecule has 15 heavy (non-hydrogen) atoms. The van der Waals surface area contributed by atoms with Crippen molar-refractivity contribution in [2.24, 2.45) is 4.99 Å². The van der Waals surface area contributed by atoms with E-state index in [0.717, 1.165) is 18.6 Å². The number of aromatic nitrogens is 1. The van der Waals surface area contributed by atoms with Gasteiger partial charge in [-0.15, -0.1) is 0 Å². The van der Waals surface area contributed by atoms with Crippen LogP contribution in [0.4, 0.5) is 11.4 Å². The van der Waals surface area contributed by atoms with Crippen molar-refractivity contribution >= 4 is 17.6 Å². The molecule has 0 bridgehead atoms. The third-order valence-electron chi connectivity index (χ3n) is 1.60. The lowest BCUT2D eigenvalue weighted by Gasteiger charge is -1.97. The topological polar surface area (TPSA) is 112 Å². The number of aliphatic imine (C=N–C) groups is 1. The highest BCUT2D eigenvalue weighted by Crippen LogP contribution is 2.24.